The molecule has 1 aliphatic carbocycles. The SMILES string of the molecule is CC1(C)c2ccccc2-c2c(-c3cc(-c4ccccc4)nc(-c4ccc(-c5c6ccccc6cc6c5ccc5ccccc56)cc4)n3)cccc21. The van der Waals surface area contributed by atoms with Gasteiger partial charge in [0.15, 0.2) is 5.82 Å². The number of hydrogen-bond acceptors (Lipinski definition) is 2. The van der Waals surface area contributed by atoms with Crippen LogP contribution in [-0.2, 0) is 5.41 Å². The lowest BCUT2D eigenvalue weighted by Gasteiger charge is -2.21. The molecule has 0 fully saturated rings. The normalized spacial score (nSPS) is 13.1. The van der Waals surface area contributed by atoms with Crippen molar-refractivity contribution in [3.05, 3.63) is 181 Å². The quantitative estimate of drug-likeness (QED) is 0.140. The van der Waals surface area contributed by atoms with E-state index in [9.17, 15) is 0 Å². The van der Waals surface area contributed by atoms with Crippen LogP contribution in [0.3, 0.4) is 0 Å². The number of rotatable bonds is 4. The maximum atomic E-state index is 5.32. The average molecular weight is 651 g/mol. The van der Waals surface area contributed by atoms with Gasteiger partial charge in [-0.2, -0.15) is 0 Å². The van der Waals surface area contributed by atoms with E-state index < -0.39 is 0 Å². The third-order valence-corrected chi connectivity index (χ3v) is 10.9. The highest BCUT2D eigenvalue weighted by Crippen LogP contribution is 2.52. The Morgan fingerprint density at radius 3 is 1.86 bits per heavy atom. The van der Waals surface area contributed by atoms with Gasteiger partial charge in [0.25, 0.3) is 0 Å². The number of aromatic nitrogens is 2. The van der Waals surface area contributed by atoms with Gasteiger partial charge in [-0.3, -0.25) is 0 Å². The van der Waals surface area contributed by atoms with Crippen LogP contribution in [-0.4, -0.2) is 9.97 Å². The molecule has 0 amide bonds. The van der Waals surface area contributed by atoms with Crippen LogP contribution >= 0.6 is 0 Å². The van der Waals surface area contributed by atoms with Gasteiger partial charge < -0.3 is 0 Å². The molecule has 0 saturated carbocycles. The summed E-state index contributed by atoms with van der Waals surface area (Å²) in [6.07, 6.45) is 0. The fraction of sp³-hybridized carbons (Fsp3) is 0.0612. The molecule has 0 unspecified atom stereocenters. The highest BCUT2D eigenvalue weighted by Gasteiger charge is 2.36. The van der Waals surface area contributed by atoms with Crippen LogP contribution in [0.25, 0.3) is 88.5 Å². The van der Waals surface area contributed by atoms with E-state index in [-0.39, 0.29) is 5.41 Å². The standard InChI is InChI=1S/C49H34N2/c1-49(2)42-21-11-10-19-39(42)47-40(20-12-22-43(47)49)45-30-44(32-14-4-3-5-15-32)50-48(51-45)34-25-23-33(24-26-34)46-37-18-9-7-16-35(37)29-41-36-17-8-6-13-31(36)27-28-38(41)46/h3-30H,1-2H3. The van der Waals surface area contributed by atoms with Crippen molar-refractivity contribution in [1.82, 2.24) is 9.97 Å². The first kappa shape index (κ1) is 29.5. The first-order valence-electron chi connectivity index (χ1n) is 17.7. The fourth-order valence-corrected chi connectivity index (χ4v) is 8.36. The van der Waals surface area contributed by atoms with Crippen molar-refractivity contribution >= 4 is 32.3 Å². The Bertz CT molecular complexity index is 2810. The van der Waals surface area contributed by atoms with Gasteiger partial charge in [-0.05, 0) is 77.8 Å². The van der Waals surface area contributed by atoms with Crippen LogP contribution in [0.5, 0.6) is 0 Å². The van der Waals surface area contributed by atoms with E-state index in [1.165, 1.54) is 65.7 Å². The molecule has 0 N–H and O–H groups in total. The van der Waals surface area contributed by atoms with Crippen molar-refractivity contribution in [3.63, 3.8) is 0 Å². The monoisotopic (exact) mass is 650 g/mol. The molecule has 51 heavy (non-hydrogen) atoms. The molecule has 1 heterocycles. The Morgan fingerprint density at radius 1 is 0.373 bits per heavy atom. The lowest BCUT2D eigenvalue weighted by atomic mass is 9.82. The summed E-state index contributed by atoms with van der Waals surface area (Å²) in [4.78, 5) is 10.5. The summed E-state index contributed by atoms with van der Waals surface area (Å²) >= 11 is 0. The molecule has 2 nitrogen and oxygen atoms in total. The van der Waals surface area contributed by atoms with Crippen LogP contribution in [0, 0.1) is 0 Å². The summed E-state index contributed by atoms with van der Waals surface area (Å²) in [6, 6.07) is 61.2. The Kier molecular flexibility index (Phi) is 6.56. The molecular weight excluding hydrogens is 617 g/mol. The number of hydrogen-bond donors (Lipinski definition) is 0. The molecule has 1 aromatic heterocycles. The lowest BCUT2D eigenvalue weighted by molar-refractivity contribution is 0.660. The van der Waals surface area contributed by atoms with Crippen LogP contribution in [0.2, 0.25) is 0 Å². The van der Waals surface area contributed by atoms with E-state index in [0.717, 1.165) is 33.9 Å². The first-order chi connectivity index (χ1) is 25.0. The van der Waals surface area contributed by atoms with Gasteiger partial charge in [0.2, 0.25) is 0 Å². The van der Waals surface area contributed by atoms with Gasteiger partial charge in [0, 0.05) is 22.1 Å². The van der Waals surface area contributed by atoms with E-state index >= 15 is 0 Å². The van der Waals surface area contributed by atoms with Crippen molar-refractivity contribution in [3.8, 4) is 56.2 Å². The molecule has 0 spiro atoms. The summed E-state index contributed by atoms with van der Waals surface area (Å²) in [5, 5.41) is 7.54. The zero-order chi connectivity index (χ0) is 34.1. The molecule has 0 radical (unpaired) electrons. The van der Waals surface area contributed by atoms with E-state index in [0.29, 0.717) is 0 Å². The van der Waals surface area contributed by atoms with Gasteiger partial charge in [-0.1, -0.05) is 172 Å². The second-order valence-corrected chi connectivity index (χ2v) is 14.2. The Hall–Kier alpha value is -6.38. The van der Waals surface area contributed by atoms with Crippen LogP contribution in [0.15, 0.2) is 170 Å². The largest absolute Gasteiger partial charge is 0.228 e. The fourth-order valence-electron chi connectivity index (χ4n) is 8.36. The highest BCUT2D eigenvalue weighted by atomic mass is 14.9. The zero-order valence-corrected chi connectivity index (χ0v) is 28.6. The summed E-state index contributed by atoms with van der Waals surface area (Å²) in [5.41, 5.74) is 12.6. The zero-order valence-electron chi connectivity index (χ0n) is 28.6. The maximum absolute atomic E-state index is 5.32. The predicted octanol–water partition coefficient (Wildman–Crippen LogP) is 12.9. The second kappa shape index (κ2) is 11.3. The molecule has 0 saturated heterocycles. The summed E-state index contributed by atoms with van der Waals surface area (Å²) in [6.45, 7) is 4.65. The topological polar surface area (TPSA) is 25.8 Å². The van der Waals surface area contributed by atoms with Crippen molar-refractivity contribution < 1.29 is 0 Å². The summed E-state index contributed by atoms with van der Waals surface area (Å²) in [5.74, 6) is 0.717. The highest BCUT2D eigenvalue weighted by molar-refractivity contribution is 6.20. The molecule has 240 valence electrons. The van der Waals surface area contributed by atoms with Gasteiger partial charge in [-0.15, -0.1) is 0 Å². The van der Waals surface area contributed by atoms with E-state index in [2.05, 4.69) is 178 Å². The number of nitrogens with zero attached hydrogens (tertiary/aromatic N) is 2. The molecular formula is C49H34N2. The third kappa shape index (κ3) is 4.64. The molecule has 9 aromatic rings. The molecule has 0 aliphatic heterocycles. The first-order valence-corrected chi connectivity index (χ1v) is 17.7. The predicted molar refractivity (Wildman–Crippen MR) is 214 cm³/mol. The number of benzene rings is 8. The van der Waals surface area contributed by atoms with Gasteiger partial charge in [0.1, 0.15) is 0 Å². The smallest absolute Gasteiger partial charge is 0.160 e. The minimum absolute atomic E-state index is 0.0893. The van der Waals surface area contributed by atoms with Gasteiger partial charge in [0.05, 0.1) is 11.4 Å². The maximum Gasteiger partial charge on any atom is 0.160 e. The van der Waals surface area contributed by atoms with Crippen LogP contribution in [0.4, 0.5) is 0 Å². The van der Waals surface area contributed by atoms with E-state index in [4.69, 9.17) is 9.97 Å². The van der Waals surface area contributed by atoms with Gasteiger partial charge >= 0.3 is 0 Å². The third-order valence-electron chi connectivity index (χ3n) is 10.9. The summed E-state index contributed by atoms with van der Waals surface area (Å²) in [7, 11) is 0. The van der Waals surface area contributed by atoms with Crippen molar-refractivity contribution in [2.45, 2.75) is 19.3 Å². The van der Waals surface area contributed by atoms with Crippen LogP contribution < -0.4 is 0 Å². The molecule has 10 rings (SSSR count). The van der Waals surface area contributed by atoms with Crippen molar-refractivity contribution in [2.75, 3.05) is 0 Å². The lowest BCUT2D eigenvalue weighted by Crippen LogP contribution is -2.14. The van der Waals surface area contributed by atoms with Crippen molar-refractivity contribution in [2.24, 2.45) is 0 Å². The minimum Gasteiger partial charge on any atom is -0.228 e. The molecule has 0 bridgehead atoms. The molecule has 2 heteroatoms. The van der Waals surface area contributed by atoms with Gasteiger partial charge in [-0.25, -0.2) is 9.97 Å². The molecule has 8 aromatic carbocycles. The van der Waals surface area contributed by atoms with E-state index in [1.807, 2.05) is 6.07 Å². The average Bonchev–Trinajstić information content (AvgIpc) is 3.43. The number of fused-ring (bicyclic) bond motifs is 7. The minimum atomic E-state index is -0.0893. The Balaban J connectivity index is 1.16. The summed E-state index contributed by atoms with van der Waals surface area (Å²) < 4.78 is 0. The van der Waals surface area contributed by atoms with E-state index in [1.54, 1.807) is 0 Å². The Morgan fingerprint density at radius 2 is 1.02 bits per heavy atom. The van der Waals surface area contributed by atoms with Crippen LogP contribution in [0.1, 0.15) is 25.0 Å². The second-order valence-electron chi connectivity index (χ2n) is 14.2. The molecule has 1 aliphatic rings. The van der Waals surface area contributed by atoms with Crippen molar-refractivity contribution in [1.29, 1.82) is 0 Å². The Labute approximate surface area is 297 Å². The molecule has 0 atom stereocenters.